The molecule has 0 heterocycles. The van der Waals surface area contributed by atoms with Crippen LogP contribution < -0.4 is 5.32 Å². The highest BCUT2D eigenvalue weighted by atomic mass is 79.9. The number of halogens is 5. The third kappa shape index (κ3) is 3.08. The van der Waals surface area contributed by atoms with Gasteiger partial charge in [0.05, 0.1) is 21.8 Å². The highest BCUT2D eigenvalue weighted by Crippen LogP contribution is 2.37. The Morgan fingerprint density at radius 3 is 2.25 bits per heavy atom. The van der Waals surface area contributed by atoms with E-state index in [4.69, 9.17) is 23.2 Å². The van der Waals surface area contributed by atoms with Crippen molar-refractivity contribution in [2.24, 2.45) is 0 Å². The third-order valence-electron chi connectivity index (χ3n) is 2.84. The monoisotopic (exact) mass is 379 g/mol. The highest BCUT2D eigenvalue weighted by Gasteiger charge is 2.17. The lowest BCUT2D eigenvalue weighted by Gasteiger charge is -2.18. The Bertz CT molecular complexity index is 629. The van der Waals surface area contributed by atoms with E-state index in [1.54, 1.807) is 19.1 Å². The van der Waals surface area contributed by atoms with Gasteiger partial charge < -0.3 is 5.32 Å². The zero-order valence-electron chi connectivity index (χ0n) is 10.4. The van der Waals surface area contributed by atoms with Crippen LogP contribution in [0.25, 0.3) is 0 Å². The summed E-state index contributed by atoms with van der Waals surface area (Å²) in [6.07, 6.45) is 0. The van der Waals surface area contributed by atoms with Gasteiger partial charge in [0.2, 0.25) is 0 Å². The lowest BCUT2D eigenvalue weighted by Crippen LogP contribution is -2.11. The molecular formula is C14H10BrCl2F2N. The molecule has 0 saturated carbocycles. The molecular weight excluding hydrogens is 371 g/mol. The Kier molecular flexibility index (Phi) is 4.89. The maximum absolute atomic E-state index is 13.7. The van der Waals surface area contributed by atoms with Crippen LogP contribution in [0.4, 0.5) is 14.5 Å². The minimum absolute atomic E-state index is 0.0393. The number of benzene rings is 2. The Labute approximate surface area is 134 Å². The fraction of sp³-hybridized carbons (Fsp3) is 0.143. The van der Waals surface area contributed by atoms with Crippen LogP contribution in [0, 0.1) is 11.6 Å². The standard InChI is InChI=1S/C14H10BrCl2F2N/c1-7(12-9(18)3-2-4-10(12)19)20-11-6-5-8(15)13(16)14(11)17/h2-7,20H,1H3. The number of nitrogens with one attached hydrogen (secondary N) is 1. The van der Waals surface area contributed by atoms with E-state index in [2.05, 4.69) is 21.2 Å². The van der Waals surface area contributed by atoms with Crippen molar-refractivity contribution in [2.75, 3.05) is 5.32 Å². The summed E-state index contributed by atoms with van der Waals surface area (Å²) in [4.78, 5) is 0. The smallest absolute Gasteiger partial charge is 0.131 e. The lowest BCUT2D eigenvalue weighted by molar-refractivity contribution is 0.544. The number of rotatable bonds is 3. The van der Waals surface area contributed by atoms with Crippen molar-refractivity contribution in [1.82, 2.24) is 0 Å². The molecule has 106 valence electrons. The van der Waals surface area contributed by atoms with Crippen molar-refractivity contribution in [3.8, 4) is 0 Å². The van der Waals surface area contributed by atoms with Gasteiger partial charge in [-0.3, -0.25) is 0 Å². The maximum Gasteiger partial charge on any atom is 0.131 e. The first-order valence-corrected chi connectivity index (χ1v) is 7.30. The van der Waals surface area contributed by atoms with E-state index in [-0.39, 0.29) is 5.56 Å². The van der Waals surface area contributed by atoms with Gasteiger partial charge >= 0.3 is 0 Å². The predicted octanol–water partition coefficient (Wildman–Crippen LogP) is 6.21. The first-order chi connectivity index (χ1) is 9.41. The van der Waals surface area contributed by atoms with Gasteiger partial charge in [-0.25, -0.2) is 8.78 Å². The van der Waals surface area contributed by atoms with Crippen LogP contribution in [0.15, 0.2) is 34.8 Å². The summed E-state index contributed by atoms with van der Waals surface area (Å²) in [7, 11) is 0. The number of hydrogen-bond acceptors (Lipinski definition) is 1. The van der Waals surface area contributed by atoms with E-state index < -0.39 is 17.7 Å². The van der Waals surface area contributed by atoms with Crippen LogP contribution in [0.1, 0.15) is 18.5 Å². The molecule has 2 aromatic rings. The summed E-state index contributed by atoms with van der Waals surface area (Å²) >= 11 is 15.4. The normalized spacial score (nSPS) is 12.3. The van der Waals surface area contributed by atoms with Gasteiger partial charge in [0, 0.05) is 10.0 Å². The average molecular weight is 381 g/mol. The molecule has 0 aromatic heterocycles. The average Bonchev–Trinajstić information content (AvgIpc) is 2.39. The van der Waals surface area contributed by atoms with E-state index in [9.17, 15) is 8.78 Å². The third-order valence-corrected chi connectivity index (χ3v) is 4.61. The van der Waals surface area contributed by atoms with Crippen LogP contribution in [-0.2, 0) is 0 Å². The van der Waals surface area contributed by atoms with E-state index >= 15 is 0 Å². The topological polar surface area (TPSA) is 12.0 Å². The number of anilines is 1. The summed E-state index contributed by atoms with van der Waals surface area (Å²) in [5.74, 6) is -1.21. The Balaban J connectivity index is 2.33. The zero-order chi connectivity index (χ0) is 14.9. The molecule has 2 rings (SSSR count). The first-order valence-electron chi connectivity index (χ1n) is 5.75. The predicted molar refractivity (Wildman–Crippen MR) is 82.6 cm³/mol. The summed E-state index contributed by atoms with van der Waals surface area (Å²) in [6.45, 7) is 1.65. The molecule has 0 spiro atoms. The van der Waals surface area contributed by atoms with Crippen molar-refractivity contribution >= 4 is 44.8 Å². The van der Waals surface area contributed by atoms with Crippen molar-refractivity contribution in [1.29, 1.82) is 0 Å². The molecule has 1 unspecified atom stereocenters. The lowest BCUT2D eigenvalue weighted by atomic mass is 10.1. The molecule has 0 amide bonds. The molecule has 2 aromatic carbocycles. The van der Waals surface area contributed by atoms with Crippen molar-refractivity contribution in [2.45, 2.75) is 13.0 Å². The maximum atomic E-state index is 13.7. The van der Waals surface area contributed by atoms with Gasteiger partial charge in [0.1, 0.15) is 11.6 Å². The van der Waals surface area contributed by atoms with Crippen LogP contribution in [0.5, 0.6) is 0 Å². The van der Waals surface area contributed by atoms with E-state index in [1.165, 1.54) is 18.2 Å². The first kappa shape index (κ1) is 15.5. The zero-order valence-corrected chi connectivity index (χ0v) is 13.5. The minimum Gasteiger partial charge on any atom is -0.377 e. The SMILES string of the molecule is CC(Nc1ccc(Br)c(Cl)c1Cl)c1c(F)cccc1F. The second-order valence-electron chi connectivity index (χ2n) is 4.22. The fourth-order valence-corrected chi connectivity index (χ4v) is 2.70. The van der Waals surface area contributed by atoms with Crippen LogP contribution in [-0.4, -0.2) is 0 Å². The van der Waals surface area contributed by atoms with Gasteiger partial charge in [-0.05, 0) is 47.1 Å². The molecule has 0 aliphatic rings. The van der Waals surface area contributed by atoms with Crippen LogP contribution in [0.2, 0.25) is 10.0 Å². The van der Waals surface area contributed by atoms with Gasteiger partial charge in [-0.1, -0.05) is 29.3 Å². The molecule has 0 aliphatic carbocycles. The van der Waals surface area contributed by atoms with Crippen molar-refractivity contribution in [3.63, 3.8) is 0 Å². The summed E-state index contributed by atoms with van der Waals surface area (Å²) < 4.78 is 28.1. The second kappa shape index (κ2) is 6.29. The van der Waals surface area contributed by atoms with Crippen LogP contribution in [0.3, 0.4) is 0 Å². The molecule has 0 radical (unpaired) electrons. The Morgan fingerprint density at radius 2 is 1.65 bits per heavy atom. The second-order valence-corrected chi connectivity index (χ2v) is 5.83. The molecule has 1 nitrogen and oxygen atoms in total. The van der Waals surface area contributed by atoms with Gasteiger partial charge in [-0.2, -0.15) is 0 Å². The molecule has 0 saturated heterocycles. The minimum atomic E-state index is -0.607. The molecule has 20 heavy (non-hydrogen) atoms. The molecule has 0 aliphatic heterocycles. The van der Waals surface area contributed by atoms with E-state index in [0.29, 0.717) is 20.2 Å². The fourth-order valence-electron chi connectivity index (χ4n) is 1.87. The summed E-state index contributed by atoms with van der Waals surface area (Å²) in [6, 6.07) is 6.56. The van der Waals surface area contributed by atoms with Crippen molar-refractivity contribution < 1.29 is 8.78 Å². The molecule has 0 bridgehead atoms. The largest absolute Gasteiger partial charge is 0.377 e. The molecule has 1 atom stereocenters. The van der Waals surface area contributed by atoms with E-state index in [1.807, 2.05) is 0 Å². The molecule has 6 heteroatoms. The van der Waals surface area contributed by atoms with Gasteiger partial charge in [0.25, 0.3) is 0 Å². The molecule has 0 fully saturated rings. The quantitative estimate of drug-likeness (QED) is 0.624. The number of hydrogen-bond donors (Lipinski definition) is 1. The summed E-state index contributed by atoms with van der Waals surface area (Å²) in [5.41, 5.74) is 0.470. The van der Waals surface area contributed by atoms with Gasteiger partial charge in [-0.15, -0.1) is 0 Å². The Morgan fingerprint density at radius 1 is 1.05 bits per heavy atom. The highest BCUT2D eigenvalue weighted by molar-refractivity contribution is 9.10. The molecule has 1 N–H and O–H groups in total. The van der Waals surface area contributed by atoms with E-state index in [0.717, 1.165) is 0 Å². The Hall–Kier alpha value is -0.840. The van der Waals surface area contributed by atoms with Crippen LogP contribution >= 0.6 is 39.1 Å². The van der Waals surface area contributed by atoms with Gasteiger partial charge in [0.15, 0.2) is 0 Å². The summed E-state index contributed by atoms with van der Waals surface area (Å²) in [5, 5.41) is 3.60. The van der Waals surface area contributed by atoms with Crippen molar-refractivity contribution in [3.05, 3.63) is 62.0 Å².